The molecule has 2 N–H and O–H groups in total. The van der Waals surface area contributed by atoms with Crippen molar-refractivity contribution in [3.05, 3.63) is 53.2 Å². The summed E-state index contributed by atoms with van der Waals surface area (Å²) >= 11 is 5.86. The number of pyridine rings is 1. The second-order valence-corrected chi connectivity index (χ2v) is 3.74. The van der Waals surface area contributed by atoms with Crippen LogP contribution in [0.25, 0.3) is 0 Å². The van der Waals surface area contributed by atoms with Gasteiger partial charge in [0.2, 0.25) is 0 Å². The highest BCUT2D eigenvalue weighted by atomic mass is 35.5. The molecule has 1 aromatic carbocycles. The third-order valence-corrected chi connectivity index (χ3v) is 2.43. The zero-order chi connectivity index (χ0) is 12.3. The number of hydrogen-bond acceptors (Lipinski definition) is 3. The van der Waals surface area contributed by atoms with Crippen molar-refractivity contribution >= 4 is 23.3 Å². The van der Waals surface area contributed by atoms with E-state index in [1.165, 1.54) is 18.2 Å². The summed E-state index contributed by atoms with van der Waals surface area (Å²) in [5.74, 6) is 0.00193. The lowest BCUT2D eigenvalue weighted by Gasteiger charge is -2.06. The van der Waals surface area contributed by atoms with Crippen molar-refractivity contribution < 1.29 is 9.90 Å². The van der Waals surface area contributed by atoms with E-state index in [4.69, 9.17) is 11.6 Å². The van der Waals surface area contributed by atoms with Gasteiger partial charge in [0.05, 0.1) is 10.6 Å². The van der Waals surface area contributed by atoms with Gasteiger partial charge in [-0.3, -0.25) is 4.79 Å². The second-order valence-electron chi connectivity index (χ2n) is 3.33. The molecule has 0 aliphatic heterocycles. The van der Waals surface area contributed by atoms with Crippen LogP contribution in [0.3, 0.4) is 0 Å². The minimum atomic E-state index is -0.412. The van der Waals surface area contributed by atoms with Gasteiger partial charge >= 0.3 is 0 Å². The third-order valence-electron chi connectivity index (χ3n) is 2.10. The first-order valence-corrected chi connectivity index (χ1v) is 5.25. The fourth-order valence-electron chi connectivity index (χ4n) is 1.31. The lowest BCUT2D eigenvalue weighted by molar-refractivity contribution is 0.102. The van der Waals surface area contributed by atoms with Gasteiger partial charge in [0.15, 0.2) is 0 Å². The Hall–Kier alpha value is -2.07. The average molecular weight is 249 g/mol. The average Bonchev–Trinajstić information content (AvgIpc) is 2.33. The van der Waals surface area contributed by atoms with Crippen molar-refractivity contribution in [1.82, 2.24) is 4.98 Å². The van der Waals surface area contributed by atoms with Gasteiger partial charge < -0.3 is 10.4 Å². The number of amides is 1. The first-order valence-electron chi connectivity index (χ1n) is 4.88. The number of carbonyl (C=O) groups excluding carboxylic acids is 1. The Bertz CT molecular complexity index is 543. The van der Waals surface area contributed by atoms with Gasteiger partial charge in [-0.15, -0.1) is 0 Å². The van der Waals surface area contributed by atoms with Crippen molar-refractivity contribution in [1.29, 1.82) is 0 Å². The van der Waals surface area contributed by atoms with Crippen molar-refractivity contribution in [3.8, 4) is 5.75 Å². The van der Waals surface area contributed by atoms with E-state index in [1.54, 1.807) is 24.4 Å². The van der Waals surface area contributed by atoms with Gasteiger partial charge in [-0.05, 0) is 30.3 Å². The van der Waals surface area contributed by atoms with Gasteiger partial charge in [0.1, 0.15) is 11.6 Å². The molecule has 0 aliphatic rings. The summed E-state index contributed by atoms with van der Waals surface area (Å²) in [7, 11) is 0. The number of aromatic hydroxyl groups is 1. The molecule has 0 atom stereocenters. The fraction of sp³-hybridized carbons (Fsp3) is 0. The monoisotopic (exact) mass is 248 g/mol. The van der Waals surface area contributed by atoms with Crippen LogP contribution >= 0.6 is 11.6 Å². The second kappa shape index (κ2) is 4.84. The number of benzene rings is 1. The first-order chi connectivity index (χ1) is 8.16. The van der Waals surface area contributed by atoms with Crippen LogP contribution in [0.1, 0.15) is 10.4 Å². The molecule has 5 heteroatoms. The van der Waals surface area contributed by atoms with E-state index in [2.05, 4.69) is 10.3 Å². The molecule has 1 aromatic heterocycles. The van der Waals surface area contributed by atoms with Crippen molar-refractivity contribution in [2.45, 2.75) is 0 Å². The lowest BCUT2D eigenvalue weighted by Crippen LogP contribution is -2.13. The van der Waals surface area contributed by atoms with E-state index >= 15 is 0 Å². The van der Waals surface area contributed by atoms with Gasteiger partial charge in [-0.25, -0.2) is 4.98 Å². The van der Waals surface area contributed by atoms with Gasteiger partial charge in [-0.1, -0.05) is 17.7 Å². The summed E-state index contributed by atoms with van der Waals surface area (Å²) in [6.07, 6.45) is 1.57. The number of nitrogens with zero attached hydrogens (tertiary/aromatic N) is 1. The molecule has 0 radical (unpaired) electrons. The maximum Gasteiger partial charge on any atom is 0.258 e. The molecule has 1 amide bonds. The van der Waals surface area contributed by atoms with Gasteiger partial charge in [-0.2, -0.15) is 0 Å². The minimum Gasteiger partial charge on any atom is -0.508 e. The molecule has 0 saturated carbocycles. The molecule has 2 rings (SSSR count). The Labute approximate surface area is 103 Å². The number of halogens is 1. The summed E-state index contributed by atoms with van der Waals surface area (Å²) in [4.78, 5) is 15.8. The number of anilines is 1. The van der Waals surface area contributed by atoms with Crippen LogP contribution in [0.4, 0.5) is 5.82 Å². The Morgan fingerprint density at radius 1 is 1.29 bits per heavy atom. The number of nitrogens with one attached hydrogen (secondary N) is 1. The van der Waals surface area contributed by atoms with Crippen molar-refractivity contribution in [2.75, 3.05) is 5.32 Å². The highest BCUT2D eigenvalue weighted by Crippen LogP contribution is 2.21. The summed E-state index contributed by atoms with van der Waals surface area (Å²) < 4.78 is 0. The van der Waals surface area contributed by atoms with Crippen LogP contribution in [-0.2, 0) is 0 Å². The first kappa shape index (κ1) is 11.4. The predicted molar refractivity (Wildman–Crippen MR) is 65.3 cm³/mol. The van der Waals surface area contributed by atoms with Gasteiger partial charge in [0, 0.05) is 6.20 Å². The quantitative estimate of drug-likeness (QED) is 0.859. The Kier molecular flexibility index (Phi) is 3.25. The van der Waals surface area contributed by atoms with Crippen LogP contribution in [-0.4, -0.2) is 16.0 Å². The zero-order valence-corrected chi connectivity index (χ0v) is 9.48. The molecule has 0 bridgehead atoms. The summed E-state index contributed by atoms with van der Waals surface area (Å²) in [6, 6.07) is 9.35. The predicted octanol–water partition coefficient (Wildman–Crippen LogP) is 2.69. The molecule has 0 unspecified atom stereocenters. The van der Waals surface area contributed by atoms with Crippen LogP contribution in [0.15, 0.2) is 42.6 Å². The van der Waals surface area contributed by atoms with E-state index in [9.17, 15) is 9.90 Å². The molecule has 0 spiro atoms. The largest absolute Gasteiger partial charge is 0.508 e. The molecular weight excluding hydrogens is 240 g/mol. The van der Waals surface area contributed by atoms with Crippen LogP contribution in [0.5, 0.6) is 5.75 Å². The molecule has 17 heavy (non-hydrogen) atoms. The number of hydrogen-bond donors (Lipinski definition) is 2. The summed E-state index contributed by atoms with van der Waals surface area (Å²) in [6.45, 7) is 0. The summed E-state index contributed by atoms with van der Waals surface area (Å²) in [5.41, 5.74) is 0.206. The molecule has 2 aromatic rings. The number of carbonyl (C=O) groups is 1. The Morgan fingerprint density at radius 2 is 2.12 bits per heavy atom. The zero-order valence-electron chi connectivity index (χ0n) is 8.72. The molecule has 86 valence electrons. The van der Waals surface area contributed by atoms with E-state index in [1.807, 2.05) is 0 Å². The minimum absolute atomic E-state index is 0.0134. The number of rotatable bonds is 2. The number of phenolic OH excluding ortho intramolecular Hbond substituents is 1. The highest BCUT2D eigenvalue weighted by Gasteiger charge is 2.11. The maximum absolute atomic E-state index is 11.8. The molecule has 0 fully saturated rings. The molecule has 0 saturated heterocycles. The van der Waals surface area contributed by atoms with Crippen LogP contribution in [0, 0.1) is 0 Å². The molecule has 0 aliphatic carbocycles. The van der Waals surface area contributed by atoms with E-state index < -0.39 is 5.91 Å². The maximum atomic E-state index is 11.8. The molecule has 4 nitrogen and oxygen atoms in total. The van der Waals surface area contributed by atoms with Crippen LogP contribution < -0.4 is 5.32 Å². The normalized spacial score (nSPS) is 9.94. The molecule has 1 heterocycles. The Balaban J connectivity index is 2.23. The fourth-order valence-corrected chi connectivity index (χ4v) is 1.51. The number of phenols is 1. The molecular formula is C12H9ClN2O2. The van der Waals surface area contributed by atoms with Crippen LogP contribution in [0.2, 0.25) is 5.02 Å². The van der Waals surface area contributed by atoms with E-state index in [-0.39, 0.29) is 16.3 Å². The smallest absolute Gasteiger partial charge is 0.258 e. The standard InChI is InChI=1S/C12H9ClN2O2/c13-10-5-4-8(16)7-9(10)12(17)15-11-3-1-2-6-14-11/h1-7,16H,(H,14,15,17). The van der Waals surface area contributed by atoms with Crippen molar-refractivity contribution in [3.63, 3.8) is 0 Å². The highest BCUT2D eigenvalue weighted by molar-refractivity contribution is 6.34. The van der Waals surface area contributed by atoms with Crippen molar-refractivity contribution in [2.24, 2.45) is 0 Å². The SMILES string of the molecule is O=C(Nc1ccccn1)c1cc(O)ccc1Cl. The number of aromatic nitrogens is 1. The topological polar surface area (TPSA) is 62.2 Å². The van der Waals surface area contributed by atoms with E-state index in [0.717, 1.165) is 0 Å². The lowest BCUT2D eigenvalue weighted by atomic mass is 10.2. The Morgan fingerprint density at radius 3 is 2.82 bits per heavy atom. The summed E-state index contributed by atoms with van der Waals surface area (Å²) in [5, 5.41) is 12.2. The third kappa shape index (κ3) is 2.73. The van der Waals surface area contributed by atoms with Gasteiger partial charge in [0.25, 0.3) is 5.91 Å². The van der Waals surface area contributed by atoms with E-state index in [0.29, 0.717) is 5.82 Å².